The van der Waals surface area contributed by atoms with Gasteiger partial charge in [-0.1, -0.05) is 31.9 Å². The standard InChI is InChI=1S/C13H21ClN2O/c1-3-5-7-17-13-8-11(9-15-6-4-2)12(14)10-16-13/h8,10,15H,3-7,9H2,1-2H3. The first-order valence-corrected chi connectivity index (χ1v) is 6.63. The van der Waals surface area contributed by atoms with Gasteiger partial charge in [-0.2, -0.15) is 0 Å². The Morgan fingerprint density at radius 3 is 2.88 bits per heavy atom. The number of ether oxygens (including phenoxy) is 1. The molecule has 0 unspecified atom stereocenters. The Bertz CT molecular complexity index is 331. The fraction of sp³-hybridized carbons (Fsp3) is 0.615. The monoisotopic (exact) mass is 256 g/mol. The SMILES string of the molecule is CCCCOc1cc(CNCCC)c(Cl)cn1. The molecule has 0 saturated carbocycles. The lowest BCUT2D eigenvalue weighted by Crippen LogP contribution is -2.14. The summed E-state index contributed by atoms with van der Waals surface area (Å²) in [4.78, 5) is 4.16. The van der Waals surface area contributed by atoms with E-state index in [1.807, 2.05) is 6.07 Å². The second-order valence-corrected chi connectivity index (χ2v) is 4.40. The molecular formula is C13H21ClN2O. The number of nitrogens with zero attached hydrogens (tertiary/aromatic N) is 1. The van der Waals surface area contributed by atoms with Gasteiger partial charge in [0.05, 0.1) is 11.6 Å². The van der Waals surface area contributed by atoms with Crippen LogP contribution in [0.1, 0.15) is 38.7 Å². The van der Waals surface area contributed by atoms with Crippen molar-refractivity contribution in [2.24, 2.45) is 0 Å². The predicted octanol–water partition coefficient (Wildman–Crippen LogP) is 3.41. The summed E-state index contributed by atoms with van der Waals surface area (Å²) in [6.07, 6.45) is 4.95. The molecule has 1 rings (SSSR count). The summed E-state index contributed by atoms with van der Waals surface area (Å²) in [5.41, 5.74) is 1.04. The molecule has 3 nitrogen and oxygen atoms in total. The van der Waals surface area contributed by atoms with Crippen molar-refractivity contribution in [3.63, 3.8) is 0 Å². The summed E-state index contributed by atoms with van der Waals surface area (Å²) >= 11 is 6.08. The van der Waals surface area contributed by atoms with Crippen LogP contribution in [0.4, 0.5) is 0 Å². The second kappa shape index (κ2) is 8.31. The van der Waals surface area contributed by atoms with Gasteiger partial charge < -0.3 is 10.1 Å². The van der Waals surface area contributed by atoms with Crippen LogP contribution in [0.5, 0.6) is 5.88 Å². The molecule has 0 atom stereocenters. The molecule has 1 N–H and O–H groups in total. The number of unbranched alkanes of at least 4 members (excludes halogenated alkanes) is 1. The quantitative estimate of drug-likeness (QED) is 0.724. The van der Waals surface area contributed by atoms with E-state index in [1.165, 1.54) is 0 Å². The van der Waals surface area contributed by atoms with E-state index in [4.69, 9.17) is 16.3 Å². The molecule has 0 aromatic carbocycles. The van der Waals surface area contributed by atoms with Crippen LogP contribution in [0.2, 0.25) is 5.02 Å². The van der Waals surface area contributed by atoms with E-state index in [1.54, 1.807) is 6.20 Å². The summed E-state index contributed by atoms with van der Waals surface area (Å²) in [7, 11) is 0. The molecule has 0 spiro atoms. The Labute approximate surface area is 109 Å². The topological polar surface area (TPSA) is 34.1 Å². The highest BCUT2D eigenvalue weighted by molar-refractivity contribution is 6.31. The summed E-state index contributed by atoms with van der Waals surface area (Å²) in [6.45, 7) is 6.75. The van der Waals surface area contributed by atoms with Gasteiger partial charge in [-0.3, -0.25) is 0 Å². The third-order valence-corrected chi connectivity index (χ3v) is 2.74. The summed E-state index contributed by atoms with van der Waals surface area (Å²) in [6, 6.07) is 1.92. The summed E-state index contributed by atoms with van der Waals surface area (Å²) < 4.78 is 5.55. The number of nitrogens with one attached hydrogen (secondary N) is 1. The largest absolute Gasteiger partial charge is 0.478 e. The first-order valence-electron chi connectivity index (χ1n) is 6.25. The van der Waals surface area contributed by atoms with Gasteiger partial charge in [-0.25, -0.2) is 4.98 Å². The van der Waals surface area contributed by atoms with Gasteiger partial charge in [0.25, 0.3) is 0 Å². The maximum Gasteiger partial charge on any atom is 0.213 e. The molecule has 0 fully saturated rings. The van der Waals surface area contributed by atoms with Crippen LogP contribution in [0.25, 0.3) is 0 Å². The third-order valence-electron chi connectivity index (χ3n) is 2.40. The van der Waals surface area contributed by atoms with Crippen molar-refractivity contribution in [1.29, 1.82) is 0 Å². The normalized spacial score (nSPS) is 10.5. The van der Waals surface area contributed by atoms with E-state index in [9.17, 15) is 0 Å². The van der Waals surface area contributed by atoms with Gasteiger partial charge in [-0.05, 0) is 24.9 Å². The van der Waals surface area contributed by atoms with Crippen molar-refractivity contribution in [3.8, 4) is 5.88 Å². The number of hydrogen-bond donors (Lipinski definition) is 1. The zero-order valence-corrected chi connectivity index (χ0v) is 11.4. The molecule has 1 aromatic rings. The van der Waals surface area contributed by atoms with Gasteiger partial charge >= 0.3 is 0 Å². The van der Waals surface area contributed by atoms with Crippen molar-refractivity contribution < 1.29 is 4.74 Å². The van der Waals surface area contributed by atoms with Crippen LogP contribution in [0, 0.1) is 0 Å². The number of rotatable bonds is 8. The molecule has 0 aliphatic heterocycles. The van der Waals surface area contributed by atoms with Crippen LogP contribution in [-0.2, 0) is 6.54 Å². The van der Waals surface area contributed by atoms with Crippen molar-refractivity contribution in [1.82, 2.24) is 10.3 Å². The van der Waals surface area contributed by atoms with Crippen LogP contribution in [0.15, 0.2) is 12.3 Å². The Morgan fingerprint density at radius 2 is 2.18 bits per heavy atom. The minimum Gasteiger partial charge on any atom is -0.478 e. The van der Waals surface area contributed by atoms with E-state index in [2.05, 4.69) is 24.1 Å². The van der Waals surface area contributed by atoms with Gasteiger partial charge in [0.1, 0.15) is 0 Å². The molecule has 17 heavy (non-hydrogen) atoms. The lowest BCUT2D eigenvalue weighted by Gasteiger charge is -2.09. The second-order valence-electron chi connectivity index (χ2n) is 3.99. The Kier molecular flexibility index (Phi) is 6.97. The van der Waals surface area contributed by atoms with Gasteiger partial charge in [0.15, 0.2) is 0 Å². The molecule has 0 bridgehead atoms. The average Bonchev–Trinajstić information content (AvgIpc) is 2.33. The molecule has 1 heterocycles. The third kappa shape index (κ3) is 5.37. The van der Waals surface area contributed by atoms with Gasteiger partial charge in [0, 0.05) is 18.8 Å². The lowest BCUT2D eigenvalue weighted by atomic mass is 10.2. The number of halogens is 1. The highest BCUT2D eigenvalue weighted by atomic mass is 35.5. The van der Waals surface area contributed by atoms with E-state index >= 15 is 0 Å². The van der Waals surface area contributed by atoms with Gasteiger partial charge in [0.2, 0.25) is 5.88 Å². The average molecular weight is 257 g/mol. The molecule has 96 valence electrons. The molecule has 0 saturated heterocycles. The molecule has 0 radical (unpaired) electrons. The zero-order valence-electron chi connectivity index (χ0n) is 10.6. The maximum absolute atomic E-state index is 6.08. The van der Waals surface area contributed by atoms with Crippen LogP contribution >= 0.6 is 11.6 Å². The van der Waals surface area contributed by atoms with Crippen molar-refractivity contribution in [3.05, 3.63) is 22.8 Å². The molecule has 0 aliphatic rings. The maximum atomic E-state index is 6.08. The van der Waals surface area contributed by atoms with Crippen LogP contribution < -0.4 is 10.1 Å². The predicted molar refractivity (Wildman–Crippen MR) is 71.6 cm³/mol. The fourth-order valence-corrected chi connectivity index (χ4v) is 1.56. The number of aromatic nitrogens is 1. The molecule has 4 heteroatoms. The smallest absolute Gasteiger partial charge is 0.213 e. The van der Waals surface area contributed by atoms with E-state index in [0.717, 1.165) is 37.9 Å². The van der Waals surface area contributed by atoms with E-state index < -0.39 is 0 Å². The fourth-order valence-electron chi connectivity index (χ4n) is 1.39. The highest BCUT2D eigenvalue weighted by Crippen LogP contribution is 2.19. The Balaban J connectivity index is 2.53. The highest BCUT2D eigenvalue weighted by Gasteiger charge is 2.03. The molecule has 0 amide bonds. The van der Waals surface area contributed by atoms with Crippen molar-refractivity contribution in [2.45, 2.75) is 39.7 Å². The molecular weight excluding hydrogens is 236 g/mol. The number of hydrogen-bond acceptors (Lipinski definition) is 3. The molecule has 0 aliphatic carbocycles. The van der Waals surface area contributed by atoms with Crippen LogP contribution in [0.3, 0.4) is 0 Å². The lowest BCUT2D eigenvalue weighted by molar-refractivity contribution is 0.297. The first-order chi connectivity index (χ1) is 8.27. The summed E-state index contributed by atoms with van der Waals surface area (Å²) in [5, 5.41) is 4.01. The zero-order chi connectivity index (χ0) is 12.5. The van der Waals surface area contributed by atoms with Crippen molar-refractivity contribution >= 4 is 11.6 Å². The minimum absolute atomic E-state index is 0.663. The first kappa shape index (κ1) is 14.3. The van der Waals surface area contributed by atoms with E-state index in [0.29, 0.717) is 17.5 Å². The Hall–Kier alpha value is -0.800. The minimum atomic E-state index is 0.663. The molecule has 1 aromatic heterocycles. The van der Waals surface area contributed by atoms with E-state index in [-0.39, 0.29) is 0 Å². The van der Waals surface area contributed by atoms with Gasteiger partial charge in [-0.15, -0.1) is 0 Å². The number of pyridine rings is 1. The summed E-state index contributed by atoms with van der Waals surface area (Å²) in [5.74, 6) is 0.663. The van der Waals surface area contributed by atoms with Crippen LogP contribution in [-0.4, -0.2) is 18.1 Å². The van der Waals surface area contributed by atoms with Crippen molar-refractivity contribution in [2.75, 3.05) is 13.2 Å². The Morgan fingerprint density at radius 1 is 1.35 bits per heavy atom.